The van der Waals surface area contributed by atoms with Gasteiger partial charge in [-0.15, -0.1) is 10.2 Å². The van der Waals surface area contributed by atoms with Crippen LogP contribution < -0.4 is 15.8 Å². The molecule has 0 amide bonds. The summed E-state index contributed by atoms with van der Waals surface area (Å²) in [7, 11) is 0. The maximum absolute atomic E-state index is 14.8. The van der Waals surface area contributed by atoms with Gasteiger partial charge in [-0.05, 0) is 55.2 Å². The zero-order chi connectivity index (χ0) is 21.4. The highest BCUT2D eigenvalue weighted by Crippen LogP contribution is 2.34. The Balaban J connectivity index is 1.34. The largest absolute Gasteiger partial charge is 0.507 e. The predicted molar refractivity (Wildman–Crippen MR) is 117 cm³/mol. The van der Waals surface area contributed by atoms with E-state index >= 15 is 0 Å². The Morgan fingerprint density at radius 2 is 1.94 bits per heavy atom. The van der Waals surface area contributed by atoms with Crippen molar-refractivity contribution in [3.63, 3.8) is 0 Å². The third-order valence-electron chi connectivity index (χ3n) is 6.19. The third-order valence-corrected chi connectivity index (χ3v) is 6.19. The summed E-state index contributed by atoms with van der Waals surface area (Å²) >= 11 is 0. The molecule has 3 aromatic rings. The second kappa shape index (κ2) is 8.11. The van der Waals surface area contributed by atoms with Gasteiger partial charge < -0.3 is 20.3 Å². The Labute approximate surface area is 179 Å². The first kappa shape index (κ1) is 19.7. The van der Waals surface area contributed by atoms with Gasteiger partial charge in [0.25, 0.3) is 0 Å². The minimum Gasteiger partial charge on any atom is -0.507 e. The predicted octanol–water partition coefficient (Wildman–Crippen LogP) is 3.06. The molecule has 5 rings (SSSR count). The number of halogens is 1. The second-order valence-electron chi connectivity index (χ2n) is 8.29. The van der Waals surface area contributed by atoms with Crippen LogP contribution in [0.2, 0.25) is 0 Å². The van der Waals surface area contributed by atoms with Gasteiger partial charge in [0.2, 0.25) is 5.56 Å². The molecule has 1 saturated heterocycles. The number of aromatic amines is 1. The molecule has 1 atom stereocenters. The number of nitrogens with zero attached hydrogens (tertiary/aromatic N) is 3. The van der Waals surface area contributed by atoms with E-state index in [0.717, 1.165) is 25.3 Å². The van der Waals surface area contributed by atoms with Gasteiger partial charge in [-0.25, -0.2) is 4.39 Å². The van der Waals surface area contributed by atoms with E-state index in [1.807, 2.05) is 6.07 Å². The van der Waals surface area contributed by atoms with E-state index in [-0.39, 0.29) is 22.4 Å². The van der Waals surface area contributed by atoms with Crippen LogP contribution in [0.1, 0.15) is 25.7 Å². The van der Waals surface area contributed by atoms with Gasteiger partial charge in [0, 0.05) is 48.6 Å². The van der Waals surface area contributed by atoms with Crippen molar-refractivity contribution in [2.24, 2.45) is 0 Å². The molecule has 3 N–H and O–H groups in total. The fourth-order valence-corrected chi connectivity index (χ4v) is 4.25. The monoisotopic (exact) mass is 421 g/mol. The maximum atomic E-state index is 14.8. The zero-order valence-electron chi connectivity index (χ0n) is 17.0. The Kier molecular flexibility index (Phi) is 5.15. The molecule has 0 radical (unpaired) electrons. The molecule has 2 aliphatic rings. The number of phenols is 1. The number of aromatic nitrogens is 3. The molecule has 2 fully saturated rings. The van der Waals surface area contributed by atoms with Crippen molar-refractivity contribution in [2.75, 3.05) is 18.0 Å². The smallest absolute Gasteiger partial charge is 0.248 e. The highest BCUT2D eigenvalue weighted by Gasteiger charge is 2.28. The summed E-state index contributed by atoms with van der Waals surface area (Å²) in [6.45, 7) is 1.82. The van der Waals surface area contributed by atoms with Crippen LogP contribution in [0.5, 0.6) is 5.75 Å². The van der Waals surface area contributed by atoms with Crippen LogP contribution >= 0.6 is 0 Å². The number of H-pyrrole nitrogens is 1. The van der Waals surface area contributed by atoms with Crippen molar-refractivity contribution in [3.8, 4) is 28.1 Å². The average molecular weight is 421 g/mol. The topological polar surface area (TPSA) is 94.1 Å². The number of benzene rings is 1. The fraction of sp³-hybridized carbons (Fsp3) is 0.348. The Hall–Kier alpha value is -3.26. The molecule has 3 heterocycles. The number of phenolic OH excluding ortho intramolecular Hbond substituents is 1. The molecule has 1 unspecified atom stereocenters. The van der Waals surface area contributed by atoms with Crippen LogP contribution in [0.15, 0.2) is 47.4 Å². The zero-order valence-corrected chi connectivity index (χ0v) is 17.0. The maximum Gasteiger partial charge on any atom is 0.248 e. The molecular weight excluding hydrogens is 397 g/mol. The SMILES string of the molecule is O=c1cc(-c2cc(O)c(-c3ccc(N4CCC(NC5CCC5)C4)nn3)cc2F)cc[nH]1. The molecule has 0 bridgehead atoms. The number of anilines is 1. The number of aromatic hydroxyl groups is 1. The van der Waals surface area contributed by atoms with E-state index < -0.39 is 5.82 Å². The first-order valence-corrected chi connectivity index (χ1v) is 10.6. The lowest BCUT2D eigenvalue weighted by atomic mass is 9.92. The van der Waals surface area contributed by atoms with Crippen LogP contribution in [-0.2, 0) is 0 Å². The minimum absolute atomic E-state index is 0.121. The van der Waals surface area contributed by atoms with Crippen LogP contribution in [-0.4, -0.2) is 45.5 Å². The molecule has 31 heavy (non-hydrogen) atoms. The van der Waals surface area contributed by atoms with E-state index in [1.165, 1.54) is 43.7 Å². The van der Waals surface area contributed by atoms with E-state index in [1.54, 1.807) is 12.1 Å². The van der Waals surface area contributed by atoms with Gasteiger partial charge in [0.05, 0.1) is 5.69 Å². The first-order chi connectivity index (χ1) is 15.1. The number of hydrogen-bond acceptors (Lipinski definition) is 6. The molecule has 2 aromatic heterocycles. The van der Waals surface area contributed by atoms with Crippen LogP contribution in [0, 0.1) is 5.82 Å². The molecule has 1 saturated carbocycles. The van der Waals surface area contributed by atoms with Crippen LogP contribution in [0.25, 0.3) is 22.4 Å². The highest BCUT2D eigenvalue weighted by atomic mass is 19.1. The van der Waals surface area contributed by atoms with Crippen molar-refractivity contribution in [1.29, 1.82) is 0 Å². The molecule has 1 aromatic carbocycles. The van der Waals surface area contributed by atoms with E-state index in [4.69, 9.17) is 0 Å². The van der Waals surface area contributed by atoms with Crippen molar-refractivity contribution in [2.45, 2.75) is 37.8 Å². The Morgan fingerprint density at radius 1 is 1.06 bits per heavy atom. The number of pyridine rings is 1. The summed E-state index contributed by atoms with van der Waals surface area (Å²) in [6.07, 6.45) is 6.38. The van der Waals surface area contributed by atoms with Crippen LogP contribution in [0.4, 0.5) is 10.2 Å². The number of nitrogens with one attached hydrogen (secondary N) is 2. The van der Waals surface area contributed by atoms with Gasteiger partial charge >= 0.3 is 0 Å². The highest BCUT2D eigenvalue weighted by molar-refractivity contribution is 5.74. The van der Waals surface area contributed by atoms with E-state index in [2.05, 4.69) is 25.4 Å². The Morgan fingerprint density at radius 3 is 2.65 bits per heavy atom. The van der Waals surface area contributed by atoms with Crippen molar-refractivity contribution in [1.82, 2.24) is 20.5 Å². The molecule has 7 nitrogen and oxygen atoms in total. The standard InChI is InChI=1S/C23H24FN5O2/c24-19-11-18(21(30)12-17(19)14-6-8-25-23(31)10-14)20-4-5-22(28-27-20)29-9-7-16(13-29)26-15-2-1-3-15/h4-6,8,10-12,15-16,26,30H,1-3,7,9,13H2,(H,25,31). The third kappa shape index (κ3) is 4.03. The second-order valence-corrected chi connectivity index (χ2v) is 8.29. The van der Waals surface area contributed by atoms with Crippen LogP contribution in [0.3, 0.4) is 0 Å². The van der Waals surface area contributed by atoms with Gasteiger partial charge in [0.1, 0.15) is 11.6 Å². The van der Waals surface area contributed by atoms with E-state index in [0.29, 0.717) is 23.3 Å². The Bertz CT molecular complexity index is 1140. The quantitative estimate of drug-likeness (QED) is 0.586. The van der Waals surface area contributed by atoms with Crippen molar-refractivity contribution in [3.05, 3.63) is 58.8 Å². The molecule has 8 heteroatoms. The number of rotatable bonds is 5. The normalized spacial score (nSPS) is 18.9. The molecule has 1 aliphatic heterocycles. The van der Waals surface area contributed by atoms with Gasteiger partial charge in [0.15, 0.2) is 5.82 Å². The van der Waals surface area contributed by atoms with Gasteiger partial charge in [-0.1, -0.05) is 6.42 Å². The first-order valence-electron chi connectivity index (χ1n) is 10.6. The summed E-state index contributed by atoms with van der Waals surface area (Å²) < 4.78 is 14.8. The van der Waals surface area contributed by atoms with E-state index in [9.17, 15) is 14.3 Å². The summed E-state index contributed by atoms with van der Waals surface area (Å²) in [5.74, 6) is 0.111. The van der Waals surface area contributed by atoms with Gasteiger partial charge in [-0.3, -0.25) is 4.79 Å². The summed E-state index contributed by atoms with van der Waals surface area (Å²) in [4.78, 5) is 16.2. The fourth-order valence-electron chi connectivity index (χ4n) is 4.25. The molecule has 160 valence electrons. The van der Waals surface area contributed by atoms with Crippen molar-refractivity contribution >= 4 is 5.82 Å². The lowest BCUT2D eigenvalue weighted by molar-refractivity contribution is 0.311. The summed E-state index contributed by atoms with van der Waals surface area (Å²) in [6, 6.07) is 10.1. The minimum atomic E-state index is -0.547. The molecule has 0 spiro atoms. The molecule has 1 aliphatic carbocycles. The summed E-state index contributed by atoms with van der Waals surface area (Å²) in [5, 5.41) is 22.7. The molecular formula is C23H24FN5O2. The lowest BCUT2D eigenvalue weighted by Gasteiger charge is -2.29. The number of hydrogen-bond donors (Lipinski definition) is 3. The lowest BCUT2D eigenvalue weighted by Crippen LogP contribution is -2.43. The average Bonchev–Trinajstić information content (AvgIpc) is 3.21. The summed E-state index contributed by atoms with van der Waals surface area (Å²) in [5.41, 5.74) is 0.855. The van der Waals surface area contributed by atoms with Gasteiger partial charge in [-0.2, -0.15) is 0 Å². The van der Waals surface area contributed by atoms with Crippen molar-refractivity contribution < 1.29 is 9.50 Å².